The zero-order chi connectivity index (χ0) is 11.7. The number of esters is 1. The van der Waals surface area contributed by atoms with Crippen LogP contribution >= 0.6 is 0 Å². The number of ketones is 1. The van der Waals surface area contributed by atoms with Crippen molar-refractivity contribution in [3.8, 4) is 0 Å². The minimum atomic E-state index is -2.48. The molecule has 15 heavy (non-hydrogen) atoms. The second-order valence-electron chi connectivity index (χ2n) is 3.23. The monoisotopic (exact) mass is 222 g/mol. The fraction of sp³-hybridized carbons (Fsp3) is 0.800. The Balaban J connectivity index is 3.49. The number of hydrogen-bond acceptors (Lipinski definition) is 3. The number of hydrogen-bond donors (Lipinski definition) is 0. The van der Waals surface area contributed by atoms with E-state index in [0.717, 1.165) is 6.42 Å². The molecule has 0 bridgehead atoms. The summed E-state index contributed by atoms with van der Waals surface area (Å²) in [4.78, 5) is 21.8. The molecular weight excluding hydrogens is 206 g/mol. The number of carbonyl (C=O) groups excluding carboxylic acids is 2. The summed E-state index contributed by atoms with van der Waals surface area (Å²) in [6.07, 6.45) is -1.33. The highest BCUT2D eigenvalue weighted by molar-refractivity contribution is 5.82. The molecule has 0 rings (SSSR count). The van der Waals surface area contributed by atoms with E-state index in [9.17, 15) is 18.4 Å². The van der Waals surface area contributed by atoms with Crippen LogP contribution in [0.15, 0.2) is 0 Å². The van der Waals surface area contributed by atoms with Crippen molar-refractivity contribution in [2.24, 2.45) is 0 Å². The van der Waals surface area contributed by atoms with E-state index < -0.39 is 24.6 Å². The molecule has 0 saturated heterocycles. The van der Waals surface area contributed by atoms with Gasteiger partial charge in [-0.25, -0.2) is 8.78 Å². The molecule has 0 aliphatic rings. The maximum absolute atomic E-state index is 11.7. The van der Waals surface area contributed by atoms with Crippen LogP contribution in [0.4, 0.5) is 8.78 Å². The summed E-state index contributed by atoms with van der Waals surface area (Å²) in [7, 11) is 0. The van der Waals surface area contributed by atoms with Crippen LogP contribution in [0.1, 0.15) is 39.0 Å². The second-order valence-corrected chi connectivity index (χ2v) is 3.23. The van der Waals surface area contributed by atoms with Crippen LogP contribution in [0.25, 0.3) is 0 Å². The minimum Gasteiger partial charge on any atom is -0.458 e. The maximum Gasteiger partial charge on any atom is 0.306 e. The molecule has 0 radical (unpaired) electrons. The number of rotatable bonds is 8. The zero-order valence-electron chi connectivity index (χ0n) is 8.80. The Morgan fingerprint density at radius 3 is 2.47 bits per heavy atom. The highest BCUT2D eigenvalue weighted by Crippen LogP contribution is 2.04. The van der Waals surface area contributed by atoms with Gasteiger partial charge in [-0.15, -0.1) is 0 Å². The molecule has 0 aliphatic heterocycles. The molecule has 0 aliphatic carbocycles. The van der Waals surface area contributed by atoms with Crippen LogP contribution in [0, 0.1) is 0 Å². The Hall–Kier alpha value is -1.00. The van der Waals surface area contributed by atoms with Crippen LogP contribution in [0.5, 0.6) is 0 Å². The number of Topliss-reactive ketones (excluding diaryl/α,β-unsaturated/α-hetero) is 1. The number of carbonyl (C=O) groups is 2. The van der Waals surface area contributed by atoms with Crippen molar-refractivity contribution >= 4 is 11.8 Å². The fourth-order valence-electron chi connectivity index (χ4n) is 0.897. The summed E-state index contributed by atoms with van der Waals surface area (Å²) in [5, 5.41) is 0. The average Bonchev–Trinajstić information content (AvgIpc) is 2.20. The van der Waals surface area contributed by atoms with Crippen LogP contribution in [0.3, 0.4) is 0 Å². The van der Waals surface area contributed by atoms with Crippen LogP contribution in [-0.2, 0) is 14.3 Å². The molecule has 0 atom stereocenters. The number of alkyl halides is 2. The largest absolute Gasteiger partial charge is 0.458 e. The lowest BCUT2D eigenvalue weighted by atomic mass is 10.2. The van der Waals surface area contributed by atoms with Crippen molar-refractivity contribution in [2.75, 3.05) is 6.61 Å². The standard InChI is InChI=1S/C10H16F2O3/c1-2-3-4-10(14)15-7-8(13)5-6-9(11)12/h9H,2-7H2,1H3. The molecule has 5 heteroatoms. The van der Waals surface area contributed by atoms with Crippen molar-refractivity contribution in [3.05, 3.63) is 0 Å². The smallest absolute Gasteiger partial charge is 0.306 e. The highest BCUT2D eigenvalue weighted by atomic mass is 19.3. The first-order valence-electron chi connectivity index (χ1n) is 5.01. The van der Waals surface area contributed by atoms with Crippen LogP contribution < -0.4 is 0 Å². The summed E-state index contributed by atoms with van der Waals surface area (Å²) in [5.41, 5.74) is 0. The highest BCUT2D eigenvalue weighted by Gasteiger charge is 2.10. The van der Waals surface area contributed by atoms with Crippen molar-refractivity contribution in [3.63, 3.8) is 0 Å². The van der Waals surface area contributed by atoms with E-state index in [2.05, 4.69) is 4.74 Å². The Morgan fingerprint density at radius 2 is 1.93 bits per heavy atom. The summed E-state index contributed by atoms with van der Waals surface area (Å²) in [6, 6.07) is 0. The normalized spacial score (nSPS) is 10.4. The van der Waals surface area contributed by atoms with E-state index in [0.29, 0.717) is 6.42 Å². The molecule has 0 aromatic heterocycles. The summed E-state index contributed by atoms with van der Waals surface area (Å²) >= 11 is 0. The fourth-order valence-corrected chi connectivity index (χ4v) is 0.897. The quantitative estimate of drug-likeness (QED) is 0.592. The minimum absolute atomic E-state index is 0.237. The molecule has 88 valence electrons. The Labute approximate surface area is 87.8 Å². The Kier molecular flexibility index (Phi) is 7.77. The molecule has 0 fully saturated rings. The van der Waals surface area contributed by atoms with Crippen molar-refractivity contribution < 1.29 is 23.1 Å². The van der Waals surface area contributed by atoms with E-state index in [-0.39, 0.29) is 19.4 Å². The van der Waals surface area contributed by atoms with Crippen molar-refractivity contribution in [1.82, 2.24) is 0 Å². The van der Waals surface area contributed by atoms with Gasteiger partial charge in [0.2, 0.25) is 6.43 Å². The number of unbranched alkanes of at least 4 members (excludes halogenated alkanes) is 1. The van der Waals surface area contributed by atoms with Gasteiger partial charge in [-0.2, -0.15) is 0 Å². The molecular formula is C10H16F2O3. The van der Waals surface area contributed by atoms with Crippen LogP contribution in [-0.4, -0.2) is 24.8 Å². The zero-order valence-corrected chi connectivity index (χ0v) is 8.80. The molecule has 0 unspecified atom stereocenters. The van der Waals surface area contributed by atoms with Gasteiger partial charge in [0.15, 0.2) is 5.78 Å². The first-order valence-corrected chi connectivity index (χ1v) is 5.01. The molecule has 0 aromatic carbocycles. The van der Waals surface area contributed by atoms with Gasteiger partial charge < -0.3 is 4.74 Å². The van der Waals surface area contributed by atoms with Crippen LogP contribution in [0.2, 0.25) is 0 Å². The predicted octanol–water partition coefficient (Wildman–Crippen LogP) is 2.33. The van der Waals surface area contributed by atoms with Gasteiger partial charge in [0.25, 0.3) is 0 Å². The Morgan fingerprint density at radius 1 is 1.27 bits per heavy atom. The van der Waals surface area contributed by atoms with Gasteiger partial charge in [-0.05, 0) is 6.42 Å². The topological polar surface area (TPSA) is 43.4 Å². The third-order valence-corrected chi connectivity index (χ3v) is 1.77. The van der Waals surface area contributed by atoms with Gasteiger partial charge in [0, 0.05) is 19.3 Å². The molecule has 3 nitrogen and oxygen atoms in total. The maximum atomic E-state index is 11.7. The first kappa shape index (κ1) is 14.0. The average molecular weight is 222 g/mol. The van der Waals surface area contributed by atoms with E-state index in [4.69, 9.17) is 0 Å². The summed E-state index contributed by atoms with van der Waals surface area (Å²) in [5.74, 6) is -0.901. The summed E-state index contributed by atoms with van der Waals surface area (Å²) < 4.78 is 28.0. The Bertz CT molecular complexity index is 205. The van der Waals surface area contributed by atoms with E-state index in [1.165, 1.54) is 0 Å². The third-order valence-electron chi connectivity index (χ3n) is 1.77. The molecule has 0 spiro atoms. The SMILES string of the molecule is CCCCC(=O)OCC(=O)CCC(F)F. The summed E-state index contributed by atoms with van der Waals surface area (Å²) in [6.45, 7) is 1.55. The molecule has 0 heterocycles. The van der Waals surface area contributed by atoms with Gasteiger partial charge in [0.1, 0.15) is 6.61 Å². The lowest BCUT2D eigenvalue weighted by Gasteiger charge is -2.03. The molecule has 0 aromatic rings. The number of ether oxygens (including phenoxy) is 1. The van der Waals surface area contributed by atoms with Gasteiger partial charge in [-0.3, -0.25) is 9.59 Å². The van der Waals surface area contributed by atoms with Crippen molar-refractivity contribution in [1.29, 1.82) is 0 Å². The van der Waals surface area contributed by atoms with Gasteiger partial charge >= 0.3 is 5.97 Å². The van der Waals surface area contributed by atoms with Gasteiger partial charge in [-0.1, -0.05) is 13.3 Å². The molecule has 0 amide bonds. The molecule has 0 saturated carbocycles. The lowest BCUT2D eigenvalue weighted by molar-refractivity contribution is -0.148. The van der Waals surface area contributed by atoms with Gasteiger partial charge in [0.05, 0.1) is 0 Å². The lowest BCUT2D eigenvalue weighted by Crippen LogP contribution is -2.14. The van der Waals surface area contributed by atoms with E-state index >= 15 is 0 Å². The number of halogens is 2. The van der Waals surface area contributed by atoms with E-state index in [1.807, 2.05) is 6.92 Å². The first-order chi connectivity index (χ1) is 7.06. The van der Waals surface area contributed by atoms with E-state index in [1.54, 1.807) is 0 Å². The second kappa shape index (κ2) is 8.32. The predicted molar refractivity (Wildman–Crippen MR) is 50.7 cm³/mol. The van der Waals surface area contributed by atoms with Crippen molar-refractivity contribution in [2.45, 2.75) is 45.5 Å². The third kappa shape index (κ3) is 9.31. The molecule has 0 N–H and O–H groups in total.